The monoisotopic (exact) mass is 231 g/mol. The molecule has 0 aromatic heterocycles. The second-order valence-corrected chi connectivity index (χ2v) is 5.20. The van der Waals surface area contributed by atoms with Gasteiger partial charge in [-0.05, 0) is 56.3 Å². The average molecular weight is 231 g/mol. The molecule has 2 unspecified atom stereocenters. The highest BCUT2D eigenvalue weighted by molar-refractivity contribution is 5.98. The van der Waals surface area contributed by atoms with Gasteiger partial charge < -0.3 is 5.73 Å². The molecule has 92 valence electrons. The summed E-state index contributed by atoms with van der Waals surface area (Å²) in [6, 6.07) is 6.01. The first-order valence-corrected chi connectivity index (χ1v) is 6.45. The normalized spacial score (nSPS) is 23.9. The van der Waals surface area contributed by atoms with Crippen LogP contribution in [0.4, 0.5) is 0 Å². The Balaban J connectivity index is 2.21. The molecule has 2 rings (SSSR count). The number of nitrogens with two attached hydrogens (primary N) is 1. The van der Waals surface area contributed by atoms with Gasteiger partial charge in [-0.1, -0.05) is 18.6 Å². The van der Waals surface area contributed by atoms with Crippen molar-refractivity contribution in [1.29, 1.82) is 0 Å². The van der Waals surface area contributed by atoms with E-state index in [0.29, 0.717) is 18.2 Å². The van der Waals surface area contributed by atoms with Gasteiger partial charge in [0.1, 0.15) is 0 Å². The second-order valence-electron chi connectivity index (χ2n) is 5.20. The molecule has 0 saturated heterocycles. The zero-order valence-electron chi connectivity index (χ0n) is 10.7. The summed E-state index contributed by atoms with van der Waals surface area (Å²) in [7, 11) is 0. The Morgan fingerprint density at radius 1 is 1.29 bits per heavy atom. The topological polar surface area (TPSA) is 43.1 Å². The van der Waals surface area contributed by atoms with Crippen LogP contribution < -0.4 is 5.73 Å². The molecule has 0 heterocycles. The first-order chi connectivity index (χ1) is 8.13. The number of carbonyl (C=O) groups excluding carboxylic acids is 1. The Hall–Kier alpha value is -1.15. The van der Waals surface area contributed by atoms with Gasteiger partial charge >= 0.3 is 0 Å². The lowest BCUT2D eigenvalue weighted by Crippen LogP contribution is -2.25. The van der Waals surface area contributed by atoms with Crippen molar-refractivity contribution in [3.63, 3.8) is 0 Å². The number of benzene rings is 1. The van der Waals surface area contributed by atoms with Gasteiger partial charge in [0.25, 0.3) is 0 Å². The molecule has 0 bridgehead atoms. The van der Waals surface area contributed by atoms with E-state index in [1.807, 2.05) is 18.2 Å². The smallest absolute Gasteiger partial charge is 0.166 e. The standard InChI is InChI=1S/C15H21NO/c1-10-6-7-12(8-11(10)2)15(17)14-5-3-4-13(14)9-16/h6-8,13-14H,3-5,9,16H2,1-2H3. The fraction of sp³-hybridized carbons (Fsp3) is 0.533. The molecule has 2 atom stereocenters. The fourth-order valence-corrected chi connectivity index (χ4v) is 2.77. The molecular weight excluding hydrogens is 210 g/mol. The third-order valence-corrected chi connectivity index (χ3v) is 4.09. The van der Waals surface area contributed by atoms with E-state index in [0.717, 1.165) is 24.8 Å². The molecule has 17 heavy (non-hydrogen) atoms. The van der Waals surface area contributed by atoms with Gasteiger partial charge in [-0.3, -0.25) is 4.79 Å². The molecule has 2 nitrogen and oxygen atoms in total. The van der Waals surface area contributed by atoms with E-state index >= 15 is 0 Å². The van der Waals surface area contributed by atoms with Crippen LogP contribution in [0.1, 0.15) is 40.7 Å². The molecule has 0 aliphatic heterocycles. The van der Waals surface area contributed by atoms with Crippen LogP contribution in [0.15, 0.2) is 18.2 Å². The predicted molar refractivity (Wildman–Crippen MR) is 70.1 cm³/mol. The number of hydrogen-bond donors (Lipinski definition) is 1. The van der Waals surface area contributed by atoms with Crippen molar-refractivity contribution in [3.05, 3.63) is 34.9 Å². The molecule has 1 fully saturated rings. The number of rotatable bonds is 3. The lowest BCUT2D eigenvalue weighted by molar-refractivity contribution is 0.0893. The third-order valence-electron chi connectivity index (χ3n) is 4.09. The van der Waals surface area contributed by atoms with E-state index in [1.54, 1.807) is 0 Å². The first-order valence-electron chi connectivity index (χ1n) is 6.45. The minimum atomic E-state index is 0.155. The number of Topliss-reactive ketones (excluding diaryl/α,β-unsaturated/α-hetero) is 1. The fourth-order valence-electron chi connectivity index (χ4n) is 2.77. The van der Waals surface area contributed by atoms with Crippen molar-refractivity contribution in [2.75, 3.05) is 6.54 Å². The van der Waals surface area contributed by atoms with Gasteiger partial charge in [0.15, 0.2) is 5.78 Å². The van der Waals surface area contributed by atoms with E-state index in [4.69, 9.17) is 5.73 Å². The maximum Gasteiger partial charge on any atom is 0.166 e. The Morgan fingerprint density at radius 2 is 2.06 bits per heavy atom. The summed E-state index contributed by atoms with van der Waals surface area (Å²) in [5.74, 6) is 0.840. The number of hydrogen-bond acceptors (Lipinski definition) is 2. The second kappa shape index (κ2) is 5.01. The van der Waals surface area contributed by atoms with E-state index in [1.165, 1.54) is 11.1 Å². The number of carbonyl (C=O) groups is 1. The number of ketones is 1. The summed E-state index contributed by atoms with van der Waals surface area (Å²) in [5.41, 5.74) is 9.03. The SMILES string of the molecule is Cc1ccc(C(=O)C2CCCC2CN)cc1C. The molecule has 0 radical (unpaired) electrons. The largest absolute Gasteiger partial charge is 0.330 e. The highest BCUT2D eigenvalue weighted by Gasteiger charge is 2.32. The van der Waals surface area contributed by atoms with Crippen molar-refractivity contribution < 1.29 is 4.79 Å². The van der Waals surface area contributed by atoms with Crippen molar-refractivity contribution in [1.82, 2.24) is 0 Å². The van der Waals surface area contributed by atoms with Gasteiger partial charge in [-0.15, -0.1) is 0 Å². The van der Waals surface area contributed by atoms with Crippen LogP contribution >= 0.6 is 0 Å². The summed E-state index contributed by atoms with van der Waals surface area (Å²) in [4.78, 5) is 12.4. The minimum Gasteiger partial charge on any atom is -0.330 e. The molecule has 1 aromatic carbocycles. The third kappa shape index (κ3) is 2.42. The molecule has 1 aromatic rings. The van der Waals surface area contributed by atoms with Gasteiger partial charge in [-0.2, -0.15) is 0 Å². The van der Waals surface area contributed by atoms with Crippen LogP contribution in [0, 0.1) is 25.7 Å². The van der Waals surface area contributed by atoms with Crippen LogP contribution in [0.5, 0.6) is 0 Å². The molecule has 0 amide bonds. The van der Waals surface area contributed by atoms with Gasteiger partial charge in [0.2, 0.25) is 0 Å². The van der Waals surface area contributed by atoms with Crippen LogP contribution in [0.25, 0.3) is 0 Å². The molecule has 2 N–H and O–H groups in total. The van der Waals surface area contributed by atoms with Crippen molar-refractivity contribution in [2.45, 2.75) is 33.1 Å². The van der Waals surface area contributed by atoms with Gasteiger partial charge in [-0.25, -0.2) is 0 Å². The van der Waals surface area contributed by atoms with Crippen molar-refractivity contribution >= 4 is 5.78 Å². The summed E-state index contributed by atoms with van der Waals surface area (Å²) in [5, 5.41) is 0. The Labute approximate surface area is 103 Å². The van der Waals surface area contributed by atoms with Gasteiger partial charge in [0, 0.05) is 11.5 Å². The van der Waals surface area contributed by atoms with Crippen LogP contribution in [0.2, 0.25) is 0 Å². The molecule has 1 aliphatic rings. The lowest BCUT2D eigenvalue weighted by atomic mass is 9.87. The Kier molecular flexibility index (Phi) is 3.63. The van der Waals surface area contributed by atoms with Gasteiger partial charge in [0.05, 0.1) is 0 Å². The minimum absolute atomic E-state index is 0.155. The molecule has 0 spiro atoms. The van der Waals surface area contributed by atoms with Crippen molar-refractivity contribution in [2.24, 2.45) is 17.6 Å². The number of aryl methyl sites for hydroxylation is 2. The summed E-state index contributed by atoms with van der Waals surface area (Å²) in [6.07, 6.45) is 3.26. The van der Waals surface area contributed by atoms with Crippen LogP contribution in [0.3, 0.4) is 0 Å². The summed E-state index contributed by atoms with van der Waals surface area (Å²) < 4.78 is 0. The predicted octanol–water partition coefficient (Wildman–Crippen LogP) is 2.86. The zero-order valence-corrected chi connectivity index (χ0v) is 10.7. The Bertz CT molecular complexity index is 425. The van der Waals surface area contributed by atoms with E-state index < -0.39 is 0 Å². The van der Waals surface area contributed by atoms with Crippen LogP contribution in [-0.4, -0.2) is 12.3 Å². The maximum atomic E-state index is 12.4. The van der Waals surface area contributed by atoms with E-state index in [9.17, 15) is 4.79 Å². The average Bonchev–Trinajstić information content (AvgIpc) is 2.80. The van der Waals surface area contributed by atoms with E-state index in [2.05, 4.69) is 13.8 Å². The highest BCUT2D eigenvalue weighted by Crippen LogP contribution is 2.33. The molecule has 2 heteroatoms. The summed E-state index contributed by atoms with van der Waals surface area (Å²) in [6.45, 7) is 4.77. The quantitative estimate of drug-likeness (QED) is 0.813. The zero-order chi connectivity index (χ0) is 12.4. The molecule has 1 aliphatic carbocycles. The van der Waals surface area contributed by atoms with E-state index in [-0.39, 0.29) is 5.92 Å². The molecule has 1 saturated carbocycles. The first kappa shape index (κ1) is 12.3. The van der Waals surface area contributed by atoms with Crippen molar-refractivity contribution in [3.8, 4) is 0 Å². The maximum absolute atomic E-state index is 12.4. The van der Waals surface area contributed by atoms with Crippen LogP contribution in [-0.2, 0) is 0 Å². The molecular formula is C15H21NO. The summed E-state index contributed by atoms with van der Waals surface area (Å²) >= 11 is 0. The lowest BCUT2D eigenvalue weighted by Gasteiger charge is -2.17. The Morgan fingerprint density at radius 3 is 2.71 bits per heavy atom. The highest BCUT2D eigenvalue weighted by atomic mass is 16.1.